The number of fused-ring (bicyclic) bond motifs is 1. The normalized spacial score (nSPS) is 13.0. The van der Waals surface area contributed by atoms with Crippen LogP contribution >= 0.6 is 0 Å². The monoisotopic (exact) mass is 379 g/mol. The van der Waals surface area contributed by atoms with Crippen molar-refractivity contribution < 1.29 is 27.1 Å². The Hall–Kier alpha value is -2.98. The number of anilines is 1. The molecule has 8 nitrogen and oxygen atoms in total. The number of benzene rings is 2. The van der Waals surface area contributed by atoms with Crippen LogP contribution in [-0.2, 0) is 26.0 Å². The lowest BCUT2D eigenvalue weighted by Crippen LogP contribution is -2.43. The molecule has 2 aromatic carbocycles. The molecular weight excluding hydrogens is 365 g/mol. The van der Waals surface area contributed by atoms with Gasteiger partial charge in [0.2, 0.25) is 5.91 Å². The summed E-state index contributed by atoms with van der Waals surface area (Å²) in [6.07, 6.45) is 0.0849. The van der Waals surface area contributed by atoms with Gasteiger partial charge in [0.1, 0.15) is 0 Å². The second-order valence-electron chi connectivity index (χ2n) is 5.42. The fraction of sp³-hybridized carbons (Fsp3) is 0.125. The standard InChI is InChI=1S/C16H14FN3O5S/c17-12-3-1-2-4-14(12)25-9-16(22)19-20-26(23,24)11-5-6-13-10(7-11)8-15(21)18-13/h1-7,20H,8-9H2,(H,18,21)(H,19,22). The number of ether oxygens (including phenoxy) is 1. The van der Waals surface area contributed by atoms with E-state index in [9.17, 15) is 22.4 Å². The van der Waals surface area contributed by atoms with E-state index in [4.69, 9.17) is 4.74 Å². The number of para-hydroxylation sites is 1. The number of carbonyl (C=O) groups excluding carboxylic acids is 2. The fourth-order valence-electron chi connectivity index (χ4n) is 2.30. The Morgan fingerprint density at radius 1 is 1.23 bits per heavy atom. The molecule has 2 aromatic rings. The molecule has 0 saturated carbocycles. The van der Waals surface area contributed by atoms with Crippen molar-refractivity contribution in [1.29, 1.82) is 0 Å². The molecule has 1 heterocycles. The Kier molecular flexibility index (Phi) is 4.87. The predicted octanol–water partition coefficient (Wildman–Crippen LogP) is 0.709. The first-order valence-electron chi connectivity index (χ1n) is 7.46. The van der Waals surface area contributed by atoms with E-state index in [1.54, 1.807) is 0 Å². The van der Waals surface area contributed by atoms with E-state index in [1.807, 2.05) is 10.3 Å². The maximum Gasteiger partial charge on any atom is 0.272 e. The molecule has 3 rings (SSSR count). The molecule has 0 unspecified atom stereocenters. The number of sulfonamides is 1. The Labute approximate surface area is 148 Å². The molecule has 0 aliphatic carbocycles. The number of hydrazine groups is 1. The van der Waals surface area contributed by atoms with Crippen LogP contribution in [0.2, 0.25) is 0 Å². The van der Waals surface area contributed by atoms with Crippen molar-refractivity contribution in [1.82, 2.24) is 10.3 Å². The van der Waals surface area contributed by atoms with Crippen molar-refractivity contribution >= 4 is 27.5 Å². The van der Waals surface area contributed by atoms with Gasteiger partial charge in [0.05, 0.1) is 11.3 Å². The Bertz CT molecular complexity index is 978. The average molecular weight is 379 g/mol. The number of hydrogen-bond donors (Lipinski definition) is 3. The number of amides is 2. The highest BCUT2D eigenvalue weighted by Crippen LogP contribution is 2.25. The molecule has 26 heavy (non-hydrogen) atoms. The lowest BCUT2D eigenvalue weighted by atomic mass is 10.2. The van der Waals surface area contributed by atoms with E-state index in [1.165, 1.54) is 42.5 Å². The summed E-state index contributed by atoms with van der Waals surface area (Å²) in [5, 5.41) is 2.59. The van der Waals surface area contributed by atoms with Crippen molar-refractivity contribution in [2.75, 3.05) is 11.9 Å². The summed E-state index contributed by atoms with van der Waals surface area (Å²) in [4.78, 5) is 24.8. The van der Waals surface area contributed by atoms with Crippen LogP contribution in [0.25, 0.3) is 0 Å². The van der Waals surface area contributed by atoms with Gasteiger partial charge >= 0.3 is 0 Å². The first-order chi connectivity index (χ1) is 12.3. The second kappa shape index (κ2) is 7.10. The summed E-state index contributed by atoms with van der Waals surface area (Å²) >= 11 is 0. The Morgan fingerprint density at radius 3 is 2.77 bits per heavy atom. The highest BCUT2D eigenvalue weighted by molar-refractivity contribution is 7.89. The van der Waals surface area contributed by atoms with Gasteiger partial charge in [-0.05, 0) is 35.9 Å². The minimum atomic E-state index is -4.04. The maximum absolute atomic E-state index is 13.4. The van der Waals surface area contributed by atoms with E-state index in [0.29, 0.717) is 11.3 Å². The van der Waals surface area contributed by atoms with E-state index in [0.717, 1.165) is 0 Å². The lowest BCUT2D eigenvalue weighted by Gasteiger charge is -2.10. The highest BCUT2D eigenvalue weighted by Gasteiger charge is 2.22. The van der Waals surface area contributed by atoms with Crippen molar-refractivity contribution in [3.8, 4) is 5.75 Å². The molecule has 0 fully saturated rings. The van der Waals surface area contributed by atoms with Gasteiger partial charge < -0.3 is 10.1 Å². The van der Waals surface area contributed by atoms with Crippen molar-refractivity contribution in [3.63, 3.8) is 0 Å². The van der Waals surface area contributed by atoms with Crippen molar-refractivity contribution in [2.45, 2.75) is 11.3 Å². The van der Waals surface area contributed by atoms with Crippen LogP contribution < -0.4 is 20.3 Å². The molecule has 136 valence electrons. The molecule has 0 atom stereocenters. The molecular formula is C16H14FN3O5S. The summed E-state index contributed by atoms with van der Waals surface area (Å²) in [6.45, 7) is -0.577. The van der Waals surface area contributed by atoms with Crippen molar-refractivity contribution in [2.24, 2.45) is 0 Å². The molecule has 0 spiro atoms. The first-order valence-corrected chi connectivity index (χ1v) is 8.94. The fourth-order valence-corrected chi connectivity index (χ4v) is 3.21. The molecule has 2 amide bonds. The van der Waals surface area contributed by atoms with E-state index >= 15 is 0 Å². The van der Waals surface area contributed by atoms with Crippen LogP contribution in [-0.4, -0.2) is 26.8 Å². The molecule has 1 aliphatic heterocycles. The van der Waals surface area contributed by atoms with Crippen LogP contribution in [0.1, 0.15) is 5.56 Å². The Balaban J connectivity index is 1.58. The van der Waals surface area contributed by atoms with Crippen molar-refractivity contribution in [3.05, 3.63) is 53.8 Å². The lowest BCUT2D eigenvalue weighted by molar-refractivity contribution is -0.123. The third-order valence-electron chi connectivity index (χ3n) is 3.53. The molecule has 3 N–H and O–H groups in total. The highest BCUT2D eigenvalue weighted by atomic mass is 32.2. The van der Waals surface area contributed by atoms with Gasteiger partial charge in [0.15, 0.2) is 18.2 Å². The van der Waals surface area contributed by atoms with Gasteiger partial charge in [-0.3, -0.25) is 15.0 Å². The molecule has 0 radical (unpaired) electrons. The van der Waals surface area contributed by atoms with Crippen LogP contribution in [0.15, 0.2) is 47.4 Å². The SMILES string of the molecule is O=C(COc1ccccc1F)NNS(=O)(=O)c1ccc2c(c1)CC(=O)N2. The summed E-state index contributed by atoms with van der Waals surface area (Å²) in [7, 11) is -4.04. The second-order valence-corrected chi connectivity index (χ2v) is 7.10. The van der Waals surface area contributed by atoms with E-state index in [2.05, 4.69) is 5.32 Å². The third-order valence-corrected chi connectivity index (χ3v) is 4.78. The molecule has 0 bridgehead atoms. The minimum absolute atomic E-state index is 0.0849. The van der Waals surface area contributed by atoms with Gasteiger partial charge in [-0.25, -0.2) is 12.8 Å². The molecule has 0 aromatic heterocycles. The Morgan fingerprint density at radius 2 is 2.00 bits per heavy atom. The maximum atomic E-state index is 13.4. The quantitative estimate of drug-likeness (QED) is 0.640. The molecule has 1 aliphatic rings. The molecule has 10 heteroatoms. The summed E-state index contributed by atoms with van der Waals surface area (Å²) < 4.78 is 42.8. The van der Waals surface area contributed by atoms with E-state index < -0.39 is 28.4 Å². The topological polar surface area (TPSA) is 114 Å². The van der Waals surface area contributed by atoms with Gasteiger partial charge in [-0.1, -0.05) is 12.1 Å². The van der Waals surface area contributed by atoms with Crippen LogP contribution in [0.3, 0.4) is 0 Å². The predicted molar refractivity (Wildman–Crippen MR) is 89.1 cm³/mol. The van der Waals surface area contributed by atoms with Crippen LogP contribution in [0.5, 0.6) is 5.75 Å². The smallest absolute Gasteiger partial charge is 0.272 e. The zero-order chi connectivity index (χ0) is 18.7. The largest absolute Gasteiger partial charge is 0.481 e. The number of carbonyl (C=O) groups is 2. The zero-order valence-corrected chi connectivity index (χ0v) is 14.1. The first kappa shape index (κ1) is 17.8. The number of rotatable bonds is 6. The summed E-state index contributed by atoms with van der Waals surface area (Å²) in [5.74, 6) is -1.79. The van der Waals surface area contributed by atoms with Crippen LogP contribution in [0, 0.1) is 5.82 Å². The number of nitrogens with one attached hydrogen (secondary N) is 3. The van der Waals surface area contributed by atoms with Gasteiger partial charge in [-0.15, -0.1) is 4.83 Å². The molecule has 0 saturated heterocycles. The van der Waals surface area contributed by atoms with Crippen LogP contribution in [0.4, 0.5) is 10.1 Å². The number of hydrogen-bond acceptors (Lipinski definition) is 5. The van der Waals surface area contributed by atoms with E-state index in [-0.39, 0.29) is 23.0 Å². The van der Waals surface area contributed by atoms with Gasteiger partial charge in [0, 0.05) is 5.69 Å². The summed E-state index contributed by atoms with van der Waals surface area (Å²) in [5.41, 5.74) is 3.08. The zero-order valence-electron chi connectivity index (χ0n) is 13.3. The summed E-state index contributed by atoms with van der Waals surface area (Å²) in [6, 6.07) is 9.63. The number of halogens is 1. The third kappa shape index (κ3) is 3.98. The minimum Gasteiger partial charge on any atom is -0.481 e. The average Bonchev–Trinajstić information content (AvgIpc) is 2.98. The van der Waals surface area contributed by atoms with Gasteiger partial charge in [0.25, 0.3) is 15.9 Å². The van der Waals surface area contributed by atoms with Gasteiger partial charge in [-0.2, -0.15) is 0 Å².